The lowest BCUT2D eigenvalue weighted by Crippen LogP contribution is -2.44. The van der Waals surface area contributed by atoms with Crippen LogP contribution in [0.3, 0.4) is 0 Å². The number of nitrogens with zero attached hydrogens (tertiary/aromatic N) is 1. The van der Waals surface area contributed by atoms with Crippen LogP contribution < -0.4 is 10.6 Å². The molecule has 0 saturated heterocycles. The second-order valence-electron chi connectivity index (χ2n) is 8.81. The van der Waals surface area contributed by atoms with Crippen molar-refractivity contribution in [3.05, 3.63) is 51.7 Å². The molecular weight excluding hydrogens is 382 g/mol. The summed E-state index contributed by atoms with van der Waals surface area (Å²) in [5.74, 6) is -0.138. The first-order chi connectivity index (χ1) is 13.7. The molecule has 1 aromatic heterocycles. The van der Waals surface area contributed by atoms with Crippen LogP contribution in [-0.4, -0.2) is 35.8 Å². The SMILES string of the molecule is CC1Cc2ccsc2C(C)N1CCNC(=O)c1ccc(NC(=O)C(C)(C)C)cc1. The van der Waals surface area contributed by atoms with Crippen molar-refractivity contribution < 1.29 is 9.59 Å². The van der Waals surface area contributed by atoms with E-state index in [9.17, 15) is 9.59 Å². The van der Waals surface area contributed by atoms with Crippen molar-refractivity contribution in [3.8, 4) is 0 Å². The number of hydrogen-bond acceptors (Lipinski definition) is 4. The van der Waals surface area contributed by atoms with Gasteiger partial charge in [-0.05, 0) is 61.5 Å². The number of hydrogen-bond donors (Lipinski definition) is 2. The summed E-state index contributed by atoms with van der Waals surface area (Å²) in [4.78, 5) is 28.5. The van der Waals surface area contributed by atoms with Gasteiger partial charge in [0.25, 0.3) is 5.91 Å². The van der Waals surface area contributed by atoms with E-state index < -0.39 is 5.41 Å². The van der Waals surface area contributed by atoms with E-state index in [-0.39, 0.29) is 11.8 Å². The number of nitrogens with one attached hydrogen (secondary N) is 2. The van der Waals surface area contributed by atoms with E-state index in [1.165, 1.54) is 10.4 Å². The highest BCUT2D eigenvalue weighted by Crippen LogP contribution is 2.35. The molecule has 0 saturated carbocycles. The maximum Gasteiger partial charge on any atom is 0.251 e. The first kappa shape index (κ1) is 21.5. The summed E-state index contributed by atoms with van der Waals surface area (Å²) >= 11 is 1.82. The molecule has 2 N–H and O–H groups in total. The fourth-order valence-corrected chi connectivity index (χ4v) is 4.70. The van der Waals surface area contributed by atoms with Gasteiger partial charge in [0.1, 0.15) is 0 Å². The molecule has 5 nitrogen and oxygen atoms in total. The Hall–Kier alpha value is -2.18. The number of carbonyl (C=O) groups is 2. The maximum atomic E-state index is 12.5. The molecule has 6 heteroatoms. The van der Waals surface area contributed by atoms with Crippen LogP contribution in [0.5, 0.6) is 0 Å². The highest BCUT2D eigenvalue weighted by atomic mass is 32.1. The van der Waals surface area contributed by atoms with Crippen LogP contribution >= 0.6 is 11.3 Å². The average molecular weight is 414 g/mol. The van der Waals surface area contributed by atoms with Gasteiger partial charge in [0.2, 0.25) is 5.91 Å². The van der Waals surface area contributed by atoms with Gasteiger partial charge in [0.05, 0.1) is 0 Å². The zero-order valence-corrected chi connectivity index (χ0v) is 18.7. The topological polar surface area (TPSA) is 61.4 Å². The van der Waals surface area contributed by atoms with E-state index in [1.807, 2.05) is 32.1 Å². The third-order valence-electron chi connectivity index (χ3n) is 5.48. The average Bonchev–Trinajstić information content (AvgIpc) is 3.12. The summed E-state index contributed by atoms with van der Waals surface area (Å²) in [6, 6.07) is 10.1. The summed E-state index contributed by atoms with van der Waals surface area (Å²) in [7, 11) is 0. The van der Waals surface area contributed by atoms with Gasteiger partial charge in [-0.15, -0.1) is 11.3 Å². The lowest BCUT2D eigenvalue weighted by atomic mass is 9.95. The fourth-order valence-electron chi connectivity index (χ4n) is 3.69. The van der Waals surface area contributed by atoms with Crippen molar-refractivity contribution in [2.24, 2.45) is 5.41 Å². The first-order valence-corrected chi connectivity index (χ1v) is 11.1. The second kappa shape index (κ2) is 8.67. The number of carbonyl (C=O) groups excluding carboxylic acids is 2. The molecule has 0 radical (unpaired) electrons. The van der Waals surface area contributed by atoms with E-state index in [1.54, 1.807) is 24.3 Å². The lowest BCUT2D eigenvalue weighted by Gasteiger charge is -2.38. The maximum absolute atomic E-state index is 12.5. The van der Waals surface area contributed by atoms with Crippen molar-refractivity contribution in [2.75, 3.05) is 18.4 Å². The van der Waals surface area contributed by atoms with Gasteiger partial charge >= 0.3 is 0 Å². The molecule has 156 valence electrons. The van der Waals surface area contributed by atoms with Crippen LogP contribution in [0.15, 0.2) is 35.7 Å². The largest absolute Gasteiger partial charge is 0.351 e. The van der Waals surface area contributed by atoms with Crippen molar-refractivity contribution in [2.45, 2.75) is 53.1 Å². The highest BCUT2D eigenvalue weighted by molar-refractivity contribution is 7.10. The lowest BCUT2D eigenvalue weighted by molar-refractivity contribution is -0.123. The van der Waals surface area contributed by atoms with Crippen molar-refractivity contribution >= 4 is 28.8 Å². The molecule has 1 aliphatic heterocycles. The van der Waals surface area contributed by atoms with Crippen LogP contribution in [0.25, 0.3) is 0 Å². The number of anilines is 1. The molecule has 2 amide bonds. The van der Waals surface area contributed by atoms with Crippen molar-refractivity contribution in [1.82, 2.24) is 10.2 Å². The first-order valence-electron chi connectivity index (χ1n) is 10.2. The molecule has 2 atom stereocenters. The standard InChI is InChI=1S/C23H31N3O2S/c1-15-14-18-10-13-29-20(18)16(2)26(15)12-11-24-21(27)17-6-8-19(9-7-17)25-22(28)23(3,4)5/h6-10,13,15-16H,11-12,14H2,1-5H3,(H,24,27)(H,25,28). The summed E-state index contributed by atoms with van der Waals surface area (Å²) in [5, 5.41) is 8.07. The van der Waals surface area contributed by atoms with E-state index in [0.29, 0.717) is 29.9 Å². The van der Waals surface area contributed by atoms with Gasteiger partial charge in [-0.1, -0.05) is 20.8 Å². The quantitative estimate of drug-likeness (QED) is 0.760. The number of rotatable bonds is 5. The third-order valence-corrected chi connectivity index (χ3v) is 6.61. The molecule has 0 bridgehead atoms. The molecule has 0 spiro atoms. The Morgan fingerprint density at radius 3 is 2.48 bits per heavy atom. The van der Waals surface area contributed by atoms with E-state index >= 15 is 0 Å². The van der Waals surface area contributed by atoms with Gasteiger partial charge in [-0.2, -0.15) is 0 Å². The van der Waals surface area contributed by atoms with Gasteiger partial charge in [0, 0.05) is 46.7 Å². The Bertz CT molecular complexity index is 867. The second-order valence-corrected chi connectivity index (χ2v) is 9.76. The Balaban J connectivity index is 1.51. The monoisotopic (exact) mass is 413 g/mol. The fraction of sp³-hybridized carbons (Fsp3) is 0.478. The molecule has 2 heterocycles. The normalized spacial score (nSPS) is 19.5. The number of amides is 2. The Kier molecular flexibility index (Phi) is 6.44. The minimum absolute atomic E-state index is 0.0478. The highest BCUT2D eigenvalue weighted by Gasteiger charge is 2.29. The summed E-state index contributed by atoms with van der Waals surface area (Å²) in [6.45, 7) is 11.5. The molecule has 0 aliphatic carbocycles. The van der Waals surface area contributed by atoms with Gasteiger partial charge in [-0.3, -0.25) is 14.5 Å². The molecule has 1 aromatic carbocycles. The smallest absolute Gasteiger partial charge is 0.251 e. The minimum Gasteiger partial charge on any atom is -0.351 e. The number of thiophene rings is 1. The molecule has 3 rings (SSSR count). The van der Waals surface area contributed by atoms with Crippen LogP contribution in [0.4, 0.5) is 5.69 Å². The molecule has 0 fully saturated rings. The van der Waals surface area contributed by atoms with Crippen LogP contribution in [0.2, 0.25) is 0 Å². The van der Waals surface area contributed by atoms with Gasteiger partial charge in [0.15, 0.2) is 0 Å². The van der Waals surface area contributed by atoms with E-state index in [4.69, 9.17) is 0 Å². The molecular formula is C23H31N3O2S. The predicted molar refractivity (Wildman–Crippen MR) is 119 cm³/mol. The van der Waals surface area contributed by atoms with Crippen molar-refractivity contribution in [3.63, 3.8) is 0 Å². The molecule has 1 aliphatic rings. The van der Waals surface area contributed by atoms with E-state index in [2.05, 4.69) is 40.8 Å². The Morgan fingerprint density at radius 1 is 1.14 bits per heavy atom. The van der Waals surface area contributed by atoms with Gasteiger partial charge < -0.3 is 10.6 Å². The summed E-state index contributed by atoms with van der Waals surface area (Å²) in [6.07, 6.45) is 1.07. The Labute approximate surface area is 177 Å². The van der Waals surface area contributed by atoms with Crippen LogP contribution in [-0.2, 0) is 11.2 Å². The van der Waals surface area contributed by atoms with Gasteiger partial charge in [-0.25, -0.2) is 0 Å². The predicted octanol–water partition coefficient (Wildman–Crippen LogP) is 4.47. The van der Waals surface area contributed by atoms with Crippen molar-refractivity contribution in [1.29, 1.82) is 0 Å². The summed E-state index contributed by atoms with van der Waals surface area (Å²) in [5.41, 5.74) is 2.31. The molecule has 2 aromatic rings. The Morgan fingerprint density at radius 2 is 1.83 bits per heavy atom. The number of benzene rings is 1. The molecule has 29 heavy (non-hydrogen) atoms. The van der Waals surface area contributed by atoms with Crippen LogP contribution in [0.1, 0.15) is 61.5 Å². The minimum atomic E-state index is -0.456. The van der Waals surface area contributed by atoms with Crippen LogP contribution in [0, 0.1) is 5.41 Å². The third kappa shape index (κ3) is 5.06. The summed E-state index contributed by atoms with van der Waals surface area (Å²) < 4.78 is 0. The number of fused-ring (bicyclic) bond motifs is 1. The molecule has 2 unspecified atom stereocenters. The zero-order chi connectivity index (χ0) is 21.2. The van der Waals surface area contributed by atoms with E-state index in [0.717, 1.165) is 13.0 Å². The zero-order valence-electron chi connectivity index (χ0n) is 17.9.